The molecule has 6 N–H and O–H groups in total. The normalized spacial score (nSPS) is 14.8. The molecule has 2 amide bonds. The number of hydrogen-bond acceptors (Lipinski definition) is 19. The Bertz CT molecular complexity index is 1080. The van der Waals surface area contributed by atoms with Crippen LogP contribution in [-0.2, 0) is 19.1 Å². The fraction of sp³-hybridized carbons (Fsp3) is 0.583. The van der Waals surface area contributed by atoms with Crippen LogP contribution in [0.4, 0.5) is 0 Å². The summed E-state index contributed by atoms with van der Waals surface area (Å²) < 4.78 is 27.5. The highest BCUT2D eigenvalue weighted by atomic mass is 33.1. The number of thiophene rings is 1. The maximum Gasteiger partial charge on any atom is 0.329 e. The van der Waals surface area contributed by atoms with Gasteiger partial charge in [0.1, 0.15) is 35.1 Å². The van der Waals surface area contributed by atoms with Gasteiger partial charge in [0.05, 0.1) is 38.5 Å². The second-order valence-electron chi connectivity index (χ2n) is 8.49. The Morgan fingerprint density at radius 2 is 1.22 bits per heavy atom. The number of nitrogens with one attached hydrogen (secondary N) is 4. The van der Waals surface area contributed by atoms with Crippen LogP contribution in [0.5, 0.6) is 11.5 Å². The SMILES string of the molecule is CCOC(=O)C(CSSN[C@@H](C=S)CO)NC(=O)c1sc(C(=O)NC(CSSN[C@@H](C=S)CO)C(=O)OCC)c2c1OCCO2. The third-order valence-electron chi connectivity index (χ3n) is 5.27. The number of aliphatic hydroxyl groups excluding tert-OH is 2. The number of fused-ring (bicyclic) bond motifs is 1. The van der Waals surface area contributed by atoms with Crippen LogP contribution in [0.15, 0.2) is 0 Å². The van der Waals surface area contributed by atoms with Gasteiger partial charge in [-0.25, -0.2) is 19.0 Å². The fourth-order valence-electron chi connectivity index (χ4n) is 3.13. The van der Waals surface area contributed by atoms with E-state index in [1.165, 1.54) is 32.3 Å². The number of thiocarbonyl (C=S) groups is 2. The molecule has 0 spiro atoms. The van der Waals surface area contributed by atoms with Crippen molar-refractivity contribution in [2.24, 2.45) is 0 Å². The van der Waals surface area contributed by atoms with Crippen molar-refractivity contribution in [2.75, 3.05) is 51.1 Å². The monoisotopic (exact) mass is 762 g/mol. The van der Waals surface area contributed by atoms with E-state index in [1.807, 2.05) is 0 Å². The third kappa shape index (κ3) is 13.0. The van der Waals surface area contributed by atoms with Gasteiger partial charge in [0.15, 0.2) is 11.5 Å². The van der Waals surface area contributed by atoms with Crippen LogP contribution in [0, 0.1) is 0 Å². The smallest absolute Gasteiger partial charge is 0.329 e. The molecule has 0 saturated heterocycles. The topological polar surface area (TPSA) is 194 Å². The average Bonchev–Trinajstić information content (AvgIpc) is 3.44. The van der Waals surface area contributed by atoms with Crippen molar-refractivity contribution in [3.05, 3.63) is 9.75 Å². The molecule has 0 radical (unpaired) electrons. The van der Waals surface area contributed by atoms with Gasteiger partial charge in [-0.2, -0.15) is 0 Å². The summed E-state index contributed by atoms with van der Waals surface area (Å²) in [6, 6.07) is -2.98. The van der Waals surface area contributed by atoms with Crippen molar-refractivity contribution < 1.29 is 48.3 Å². The molecule has 2 rings (SSSR count). The predicted molar refractivity (Wildman–Crippen MR) is 187 cm³/mol. The maximum absolute atomic E-state index is 13.4. The number of amides is 2. The lowest BCUT2D eigenvalue weighted by molar-refractivity contribution is -0.145. The number of hydrogen-bond donors (Lipinski definition) is 6. The van der Waals surface area contributed by atoms with E-state index < -0.39 is 47.9 Å². The Hall–Kier alpha value is -1.40. The molecule has 2 heterocycles. The Kier molecular flexibility index (Phi) is 19.6. The summed E-state index contributed by atoms with van der Waals surface area (Å²) in [6.45, 7) is 3.31. The molecule has 0 aromatic carbocycles. The van der Waals surface area contributed by atoms with Crippen LogP contribution >= 0.6 is 79.3 Å². The highest BCUT2D eigenvalue weighted by Crippen LogP contribution is 2.44. The quantitative estimate of drug-likeness (QED) is 0.0326. The Morgan fingerprint density at radius 3 is 1.56 bits per heavy atom. The highest BCUT2D eigenvalue weighted by Gasteiger charge is 2.35. The molecule has 0 aliphatic carbocycles. The first kappa shape index (κ1) is 39.8. The predicted octanol–water partition coefficient (Wildman–Crippen LogP) is 1.34. The van der Waals surface area contributed by atoms with Crippen molar-refractivity contribution in [1.29, 1.82) is 0 Å². The lowest BCUT2D eigenvalue weighted by atomic mass is 10.2. The van der Waals surface area contributed by atoms with Crippen molar-refractivity contribution in [3.8, 4) is 11.5 Å². The number of rotatable bonds is 22. The van der Waals surface area contributed by atoms with Crippen LogP contribution in [0.3, 0.4) is 0 Å². The first-order valence-corrected chi connectivity index (χ1v) is 19.7. The van der Waals surface area contributed by atoms with Crippen LogP contribution in [-0.4, -0.2) is 120 Å². The van der Waals surface area contributed by atoms with E-state index in [9.17, 15) is 29.4 Å². The lowest BCUT2D eigenvalue weighted by Crippen LogP contribution is -2.43. The average molecular weight is 763 g/mol. The Morgan fingerprint density at radius 1 is 0.822 bits per heavy atom. The fourth-order valence-corrected chi connectivity index (χ4v) is 8.50. The molecule has 14 nitrogen and oxygen atoms in total. The first-order chi connectivity index (χ1) is 21.7. The molecule has 1 aliphatic heterocycles. The van der Waals surface area contributed by atoms with E-state index in [0.717, 1.165) is 33.3 Å². The molecule has 1 aromatic heterocycles. The zero-order chi connectivity index (χ0) is 33.2. The van der Waals surface area contributed by atoms with Gasteiger partial charge < -0.3 is 39.8 Å². The summed E-state index contributed by atoms with van der Waals surface area (Å²) in [5.74, 6) is -2.41. The summed E-state index contributed by atoms with van der Waals surface area (Å²) in [4.78, 5) is 52.1. The molecule has 1 aromatic rings. The minimum Gasteiger partial charge on any atom is -0.484 e. The van der Waals surface area contributed by atoms with Crippen molar-refractivity contribution in [2.45, 2.75) is 38.0 Å². The van der Waals surface area contributed by atoms with Crippen LogP contribution < -0.4 is 29.6 Å². The number of ether oxygens (including phenoxy) is 4. The zero-order valence-corrected chi connectivity index (χ0v) is 29.9. The summed E-state index contributed by atoms with van der Waals surface area (Å²) in [6.07, 6.45) is 0. The van der Waals surface area contributed by atoms with E-state index in [2.05, 4.69) is 20.1 Å². The molecular formula is C24H34N4O10S7. The highest BCUT2D eigenvalue weighted by molar-refractivity contribution is 8.76. The molecule has 45 heavy (non-hydrogen) atoms. The Labute approximate surface area is 291 Å². The largest absolute Gasteiger partial charge is 0.484 e. The zero-order valence-electron chi connectivity index (χ0n) is 24.1. The van der Waals surface area contributed by atoms with Crippen LogP contribution in [0.2, 0.25) is 0 Å². The first-order valence-electron chi connectivity index (χ1n) is 13.3. The van der Waals surface area contributed by atoms with E-state index in [4.69, 9.17) is 43.4 Å². The van der Waals surface area contributed by atoms with Crippen LogP contribution in [0.1, 0.15) is 33.2 Å². The van der Waals surface area contributed by atoms with Gasteiger partial charge >= 0.3 is 11.9 Å². The van der Waals surface area contributed by atoms with Gasteiger partial charge in [-0.1, -0.05) is 46.0 Å². The van der Waals surface area contributed by atoms with Gasteiger partial charge in [-0.3, -0.25) is 9.59 Å². The van der Waals surface area contributed by atoms with E-state index in [0.29, 0.717) is 0 Å². The molecule has 21 heteroatoms. The van der Waals surface area contributed by atoms with Gasteiger partial charge in [-0.15, -0.1) is 11.3 Å². The molecule has 2 unspecified atom stereocenters. The molecule has 0 bridgehead atoms. The number of carbonyl (C=O) groups excluding carboxylic acids is 4. The summed E-state index contributed by atoms with van der Waals surface area (Å²) in [5, 5.41) is 26.5. The summed E-state index contributed by atoms with van der Waals surface area (Å²) >= 11 is 10.4. The minimum absolute atomic E-state index is 0.00185. The van der Waals surface area contributed by atoms with E-state index >= 15 is 0 Å². The van der Waals surface area contributed by atoms with Crippen molar-refractivity contribution >= 4 is 114 Å². The molecule has 0 fully saturated rings. The molecule has 1 aliphatic rings. The minimum atomic E-state index is -1.06. The van der Waals surface area contributed by atoms with Gasteiger partial charge in [0, 0.05) is 11.5 Å². The maximum atomic E-state index is 13.4. The summed E-state index contributed by atoms with van der Waals surface area (Å²) in [7, 11) is 4.69. The number of aliphatic hydroxyl groups is 2. The second-order valence-corrected chi connectivity index (χ2v) is 14.4. The molecule has 0 saturated carbocycles. The van der Waals surface area contributed by atoms with Gasteiger partial charge in [-0.05, 0) is 46.5 Å². The second kappa shape index (κ2) is 22.2. The van der Waals surface area contributed by atoms with Crippen molar-refractivity contribution in [1.82, 2.24) is 20.1 Å². The lowest BCUT2D eigenvalue weighted by Gasteiger charge is -2.19. The van der Waals surface area contributed by atoms with Crippen LogP contribution in [0.25, 0.3) is 0 Å². The van der Waals surface area contributed by atoms with E-state index in [-0.39, 0.29) is 72.4 Å². The summed E-state index contributed by atoms with van der Waals surface area (Å²) in [5.41, 5.74) is 0. The van der Waals surface area contributed by atoms with Crippen molar-refractivity contribution in [3.63, 3.8) is 0 Å². The Balaban J connectivity index is 2.20. The third-order valence-corrected chi connectivity index (χ3v) is 11.2. The standard InChI is InChI=1S/C24H34N4O10S7/c1-3-35-23(33)15(11-41-44-27-13(7-29)9-39)25-21(31)19-17-18(38-6-5-37-17)20(43-19)22(32)26-16(24(34)36-4-2)12-42-45-28-14(8-30)10-40/h9-10,13-16,27-30H,3-8,11-12H2,1-2H3,(H,25,31)(H,26,32)/t13-,14-,15?,16?/m1/s1. The molecular weight excluding hydrogens is 729 g/mol. The number of carbonyl (C=O) groups is 4. The molecule has 4 atom stereocenters. The van der Waals surface area contributed by atoms with E-state index in [1.54, 1.807) is 13.8 Å². The van der Waals surface area contributed by atoms with Gasteiger partial charge in [0.25, 0.3) is 11.8 Å². The number of esters is 2. The molecule has 252 valence electrons. The van der Waals surface area contributed by atoms with Gasteiger partial charge in [0.2, 0.25) is 0 Å².